The molecule has 0 unspecified atom stereocenters. The van der Waals surface area contributed by atoms with Crippen LogP contribution in [0.1, 0.15) is 31.4 Å². The van der Waals surface area contributed by atoms with Gasteiger partial charge in [-0.1, -0.05) is 27.7 Å². The maximum Gasteiger partial charge on any atom is 4.00 e. The monoisotopic (exact) mass is 346 g/mol. The average molecular weight is 348 g/mol. The van der Waals surface area contributed by atoms with Gasteiger partial charge in [-0.05, 0) is 0 Å². The fourth-order valence-corrected chi connectivity index (χ4v) is 1.47. The number of hydrogen-bond acceptors (Lipinski definition) is 0. The van der Waals surface area contributed by atoms with E-state index in [2.05, 4.69) is 58.0 Å². The van der Waals surface area contributed by atoms with E-state index in [1.54, 1.807) is 0 Å². The zero-order valence-corrected chi connectivity index (χ0v) is 14.7. The number of allylic oxidation sites excluding steroid dienone is 4. The van der Waals surface area contributed by atoms with E-state index in [0.29, 0.717) is 0 Å². The summed E-state index contributed by atoms with van der Waals surface area (Å²) in [6.07, 6.45) is 6.41. The fraction of sp³-hybridized carbons (Fsp3) is 0.357. The summed E-state index contributed by atoms with van der Waals surface area (Å²) in [5.74, 6) is 0. The zero-order chi connectivity index (χ0) is 10.6. The summed E-state index contributed by atoms with van der Waals surface area (Å²) in [6, 6.07) is 6.41. The van der Waals surface area contributed by atoms with Crippen molar-refractivity contribution in [1.82, 2.24) is 0 Å². The summed E-state index contributed by atoms with van der Waals surface area (Å²) in [4.78, 5) is 0. The third-order valence-electron chi connectivity index (χ3n) is 2.17. The molecule has 0 fully saturated rings. The van der Waals surface area contributed by atoms with Crippen LogP contribution < -0.4 is 24.8 Å². The molecule has 1 aliphatic rings. The van der Waals surface area contributed by atoms with Crippen molar-refractivity contribution in [2.24, 2.45) is 0 Å². The first-order valence-electron chi connectivity index (χ1n) is 5.02. The summed E-state index contributed by atoms with van der Waals surface area (Å²) in [5, 5.41) is 0. The molecular formula is C14H18Cl2Zr. The molecule has 3 heteroatoms. The number of hydrogen-bond donors (Lipinski definition) is 0. The van der Waals surface area contributed by atoms with Crippen molar-refractivity contribution in [1.29, 1.82) is 0 Å². The molecule has 17 heavy (non-hydrogen) atoms. The van der Waals surface area contributed by atoms with Crippen molar-refractivity contribution in [2.45, 2.75) is 34.1 Å². The first kappa shape index (κ1) is 22.5. The Morgan fingerprint density at radius 2 is 1.71 bits per heavy atom. The Kier molecular flexibility index (Phi) is 15.1. The summed E-state index contributed by atoms with van der Waals surface area (Å²) >= 11 is 0. The number of halogens is 2. The Bertz CT molecular complexity index is 346. The summed E-state index contributed by atoms with van der Waals surface area (Å²) in [5.41, 5.74) is 5.44. The van der Waals surface area contributed by atoms with Gasteiger partial charge in [0.05, 0.1) is 0 Å². The van der Waals surface area contributed by atoms with Gasteiger partial charge in [-0.3, -0.25) is 6.08 Å². The van der Waals surface area contributed by atoms with E-state index >= 15 is 0 Å². The van der Waals surface area contributed by atoms with E-state index in [9.17, 15) is 0 Å². The average Bonchev–Trinajstić information content (AvgIpc) is 2.63. The van der Waals surface area contributed by atoms with E-state index in [0.717, 1.165) is 6.42 Å². The molecule has 0 saturated carbocycles. The van der Waals surface area contributed by atoms with E-state index in [1.807, 2.05) is 0 Å². The quantitative estimate of drug-likeness (QED) is 0.481. The van der Waals surface area contributed by atoms with Crippen LogP contribution in [0.3, 0.4) is 0 Å². The second-order valence-electron chi connectivity index (χ2n) is 3.99. The van der Waals surface area contributed by atoms with Gasteiger partial charge in [0.1, 0.15) is 0 Å². The Labute approximate surface area is 137 Å². The second-order valence-corrected chi connectivity index (χ2v) is 3.99. The van der Waals surface area contributed by atoms with Crippen molar-refractivity contribution in [3.8, 4) is 0 Å². The molecule has 0 N–H and O–H groups in total. The molecule has 92 valence electrons. The molecule has 0 heterocycles. The molecule has 0 aliphatic heterocycles. The third kappa shape index (κ3) is 9.95. The molecule has 2 rings (SSSR count). The van der Waals surface area contributed by atoms with Crippen molar-refractivity contribution >= 4 is 0 Å². The smallest absolute Gasteiger partial charge is 1.00 e. The molecule has 0 amide bonds. The molecule has 1 aliphatic carbocycles. The Balaban J connectivity index is -0.000000196. The predicted molar refractivity (Wildman–Crippen MR) is 62.3 cm³/mol. The molecule has 0 bridgehead atoms. The predicted octanol–water partition coefficient (Wildman–Crippen LogP) is -1.89. The maximum absolute atomic E-state index is 3.19. The Morgan fingerprint density at radius 1 is 1.12 bits per heavy atom. The van der Waals surface area contributed by atoms with E-state index < -0.39 is 0 Å². The molecule has 0 radical (unpaired) electrons. The van der Waals surface area contributed by atoms with Gasteiger partial charge in [-0.25, -0.2) is 23.3 Å². The SMILES string of the molecule is CC1=[C-]CC(C)=C1.Cc1c[cH-]c(C)c1.[Cl-].[Cl-].[Zr+4]. The largest absolute Gasteiger partial charge is 4.00 e. The van der Waals surface area contributed by atoms with Crippen molar-refractivity contribution in [2.75, 3.05) is 0 Å². The molecule has 1 aromatic carbocycles. The fourth-order valence-electron chi connectivity index (χ4n) is 1.47. The minimum Gasteiger partial charge on any atom is -1.00 e. The van der Waals surface area contributed by atoms with Gasteiger partial charge in [0, 0.05) is 0 Å². The first-order valence-corrected chi connectivity index (χ1v) is 5.02. The van der Waals surface area contributed by atoms with Crippen LogP contribution in [0.4, 0.5) is 0 Å². The normalized spacial score (nSPS) is 11.8. The van der Waals surface area contributed by atoms with Gasteiger partial charge in [-0.2, -0.15) is 23.3 Å². The van der Waals surface area contributed by atoms with Crippen LogP contribution in [0, 0.1) is 19.9 Å². The van der Waals surface area contributed by atoms with E-state index in [1.165, 1.54) is 22.3 Å². The maximum atomic E-state index is 3.19. The van der Waals surface area contributed by atoms with Gasteiger partial charge in [0.15, 0.2) is 0 Å². The van der Waals surface area contributed by atoms with Crippen molar-refractivity contribution in [3.05, 3.63) is 52.6 Å². The molecule has 0 spiro atoms. The second kappa shape index (κ2) is 11.4. The van der Waals surface area contributed by atoms with Crippen LogP contribution in [-0.2, 0) is 26.2 Å². The van der Waals surface area contributed by atoms with E-state index in [-0.39, 0.29) is 51.0 Å². The van der Waals surface area contributed by atoms with Crippen LogP contribution in [0.15, 0.2) is 35.4 Å². The molecular weight excluding hydrogens is 330 g/mol. The zero-order valence-electron chi connectivity index (χ0n) is 10.8. The van der Waals surface area contributed by atoms with Gasteiger partial charge in [0.2, 0.25) is 0 Å². The standard InChI is InChI=1S/2C7H9.2ClH.Zr/c2*1-6-3-4-7(2)5-6;;;/h5H,3H2,1-2H3;3-5H,1-2H3;2*1H;/q2*-1;;;+4/p-2. The first-order chi connectivity index (χ1) is 6.58. The van der Waals surface area contributed by atoms with Crippen LogP contribution in [0.25, 0.3) is 0 Å². The Hall–Kier alpha value is 0.293. The summed E-state index contributed by atoms with van der Waals surface area (Å²) < 4.78 is 0. The molecule has 0 nitrogen and oxygen atoms in total. The van der Waals surface area contributed by atoms with Crippen molar-refractivity contribution in [3.63, 3.8) is 0 Å². The Morgan fingerprint density at radius 3 is 1.82 bits per heavy atom. The minimum absolute atomic E-state index is 0. The van der Waals surface area contributed by atoms with Crippen LogP contribution in [-0.4, -0.2) is 0 Å². The topological polar surface area (TPSA) is 0 Å². The van der Waals surface area contributed by atoms with Gasteiger partial charge >= 0.3 is 26.2 Å². The third-order valence-corrected chi connectivity index (χ3v) is 2.17. The molecule has 0 saturated heterocycles. The number of aryl methyl sites for hydroxylation is 2. The van der Waals surface area contributed by atoms with Gasteiger partial charge < -0.3 is 24.8 Å². The summed E-state index contributed by atoms with van der Waals surface area (Å²) in [7, 11) is 0. The molecule has 0 aromatic heterocycles. The van der Waals surface area contributed by atoms with Gasteiger partial charge in [0.25, 0.3) is 0 Å². The summed E-state index contributed by atoms with van der Waals surface area (Å²) in [6.45, 7) is 8.42. The van der Waals surface area contributed by atoms with E-state index in [4.69, 9.17) is 0 Å². The van der Waals surface area contributed by atoms with Crippen LogP contribution in [0.5, 0.6) is 0 Å². The molecule has 1 aromatic rings. The number of rotatable bonds is 0. The van der Waals surface area contributed by atoms with Crippen molar-refractivity contribution < 1.29 is 51.0 Å². The minimum atomic E-state index is 0. The molecule has 0 atom stereocenters. The van der Waals surface area contributed by atoms with Gasteiger partial charge in [-0.15, -0.1) is 6.42 Å². The van der Waals surface area contributed by atoms with Crippen LogP contribution in [0.2, 0.25) is 0 Å². The van der Waals surface area contributed by atoms with Crippen LogP contribution >= 0.6 is 0 Å².